The van der Waals surface area contributed by atoms with Crippen molar-refractivity contribution in [3.63, 3.8) is 0 Å². The molecule has 1 heterocycles. The number of aryl methyl sites for hydroxylation is 1. The molecule has 110 valence electrons. The molecule has 0 aliphatic rings. The van der Waals surface area contributed by atoms with Crippen LogP contribution in [0.15, 0.2) is 18.2 Å². The summed E-state index contributed by atoms with van der Waals surface area (Å²) < 4.78 is 3.99. The Bertz CT molecular complexity index is 729. The number of hydrogen-bond donors (Lipinski definition) is 2. The zero-order chi connectivity index (χ0) is 15.7. The number of aromatic carboxylic acids is 1. The van der Waals surface area contributed by atoms with E-state index in [0.29, 0.717) is 16.9 Å². The number of carboxylic acids is 1. The van der Waals surface area contributed by atoms with Crippen LogP contribution in [0.5, 0.6) is 0 Å². The molecule has 0 saturated heterocycles. The Balaban J connectivity index is 2.40. The number of carbonyl (C=O) groups is 2. The number of nitrogen functional groups attached to an aromatic ring is 1. The first-order valence-corrected chi connectivity index (χ1v) is 7.00. The third kappa shape index (κ3) is 2.84. The van der Waals surface area contributed by atoms with Gasteiger partial charge in [0, 0.05) is 12.6 Å². The average Bonchev–Trinajstić information content (AvgIpc) is 2.82. The van der Waals surface area contributed by atoms with Gasteiger partial charge < -0.3 is 15.7 Å². The minimum absolute atomic E-state index is 0.0254. The summed E-state index contributed by atoms with van der Waals surface area (Å²) >= 11 is 6.85. The number of aromatic nitrogens is 1. The summed E-state index contributed by atoms with van der Waals surface area (Å²) in [5, 5.41) is 9.76. The molecule has 0 aliphatic heterocycles. The summed E-state index contributed by atoms with van der Waals surface area (Å²) in [5.41, 5.74) is 6.69. The summed E-state index contributed by atoms with van der Waals surface area (Å²) in [5.74, 6) is -1.51. The van der Waals surface area contributed by atoms with E-state index in [0.717, 1.165) is 11.5 Å². The number of carboxylic acid groups (broad SMARTS) is 1. The molecular weight excluding hydrogens is 314 g/mol. The minimum Gasteiger partial charge on any atom is -0.478 e. The lowest BCUT2D eigenvalue weighted by atomic mass is 10.1. The summed E-state index contributed by atoms with van der Waals surface area (Å²) in [4.78, 5) is 24.9. The zero-order valence-corrected chi connectivity index (χ0v) is 12.8. The Morgan fingerprint density at radius 2 is 2.10 bits per heavy atom. The van der Waals surface area contributed by atoms with E-state index in [2.05, 4.69) is 4.37 Å². The van der Waals surface area contributed by atoms with E-state index >= 15 is 0 Å². The van der Waals surface area contributed by atoms with Crippen LogP contribution in [0.4, 0.5) is 10.7 Å². The molecule has 2 rings (SSSR count). The van der Waals surface area contributed by atoms with E-state index in [1.54, 1.807) is 6.92 Å². The highest BCUT2D eigenvalue weighted by Gasteiger charge is 2.24. The van der Waals surface area contributed by atoms with Gasteiger partial charge in [0.25, 0.3) is 5.91 Å². The molecule has 6 nitrogen and oxygen atoms in total. The van der Waals surface area contributed by atoms with Gasteiger partial charge in [0.1, 0.15) is 10.6 Å². The Hall–Kier alpha value is -2.12. The minimum atomic E-state index is -1.12. The molecule has 0 aliphatic carbocycles. The van der Waals surface area contributed by atoms with Crippen LogP contribution in [-0.2, 0) is 0 Å². The van der Waals surface area contributed by atoms with E-state index < -0.39 is 5.97 Å². The topological polar surface area (TPSA) is 96.5 Å². The van der Waals surface area contributed by atoms with E-state index in [4.69, 9.17) is 17.3 Å². The van der Waals surface area contributed by atoms with E-state index in [9.17, 15) is 14.7 Å². The van der Waals surface area contributed by atoms with Crippen molar-refractivity contribution in [1.29, 1.82) is 0 Å². The first-order chi connectivity index (χ1) is 9.82. The number of hydrogen-bond acceptors (Lipinski definition) is 5. The fourth-order valence-corrected chi connectivity index (χ4v) is 2.81. The second-order valence-electron chi connectivity index (χ2n) is 4.35. The maximum atomic E-state index is 12.4. The maximum absolute atomic E-state index is 12.4. The second-order valence-corrected chi connectivity index (χ2v) is 5.51. The van der Waals surface area contributed by atoms with Gasteiger partial charge in [-0.1, -0.05) is 11.6 Å². The molecular formula is C13H12ClN3O3S. The van der Waals surface area contributed by atoms with Gasteiger partial charge in [-0.05, 0) is 36.7 Å². The van der Waals surface area contributed by atoms with Crippen molar-refractivity contribution in [3.8, 4) is 0 Å². The molecule has 0 radical (unpaired) electrons. The Morgan fingerprint density at radius 3 is 2.67 bits per heavy atom. The highest BCUT2D eigenvalue weighted by molar-refractivity contribution is 7.11. The van der Waals surface area contributed by atoms with Crippen molar-refractivity contribution < 1.29 is 14.7 Å². The molecule has 0 spiro atoms. The summed E-state index contributed by atoms with van der Waals surface area (Å²) in [6.07, 6.45) is 0. The molecule has 0 saturated carbocycles. The van der Waals surface area contributed by atoms with Gasteiger partial charge in [0.15, 0.2) is 0 Å². The highest BCUT2D eigenvalue weighted by Crippen LogP contribution is 2.29. The van der Waals surface area contributed by atoms with Gasteiger partial charge in [-0.15, -0.1) is 0 Å². The first kappa shape index (κ1) is 15.3. The molecule has 1 amide bonds. The molecule has 0 unspecified atom stereocenters. The van der Waals surface area contributed by atoms with Crippen molar-refractivity contribution >= 4 is 45.7 Å². The molecule has 1 aromatic heterocycles. The lowest BCUT2D eigenvalue weighted by Gasteiger charge is -2.16. The molecule has 2 aromatic rings. The van der Waals surface area contributed by atoms with Crippen LogP contribution >= 0.6 is 23.1 Å². The fourth-order valence-electron chi connectivity index (χ4n) is 1.78. The normalized spacial score (nSPS) is 10.4. The maximum Gasteiger partial charge on any atom is 0.340 e. The van der Waals surface area contributed by atoms with E-state index in [1.165, 1.54) is 30.1 Å². The number of amides is 1. The van der Waals surface area contributed by atoms with Gasteiger partial charge in [0.2, 0.25) is 0 Å². The molecule has 0 bridgehead atoms. The fraction of sp³-hybridized carbons (Fsp3) is 0.154. The van der Waals surface area contributed by atoms with E-state index in [1.807, 2.05) is 0 Å². The van der Waals surface area contributed by atoms with Crippen LogP contribution in [0.25, 0.3) is 0 Å². The first-order valence-electron chi connectivity index (χ1n) is 5.85. The number of anilines is 2. The van der Waals surface area contributed by atoms with Crippen LogP contribution in [0, 0.1) is 6.92 Å². The number of nitrogens with two attached hydrogens (primary N) is 1. The molecule has 0 atom stereocenters. The molecule has 21 heavy (non-hydrogen) atoms. The number of halogens is 1. The molecule has 1 aromatic carbocycles. The third-order valence-corrected chi connectivity index (χ3v) is 4.26. The molecule has 8 heteroatoms. The van der Waals surface area contributed by atoms with Crippen LogP contribution in [0.3, 0.4) is 0 Å². The highest BCUT2D eigenvalue weighted by atomic mass is 35.5. The standard InChI is InChI=1S/C13H12ClN3O3S/c1-6-10(13(19)20)12(21-16-6)17(2)11(18)7-3-4-9(15)8(14)5-7/h3-5H,15H2,1-2H3,(H,19,20). The zero-order valence-electron chi connectivity index (χ0n) is 11.3. The summed E-state index contributed by atoms with van der Waals surface area (Å²) in [6, 6.07) is 4.51. The predicted octanol–water partition coefficient (Wildman–Crippen LogP) is 2.66. The lowest BCUT2D eigenvalue weighted by molar-refractivity contribution is 0.0697. The second kappa shape index (κ2) is 5.71. The Morgan fingerprint density at radius 1 is 1.43 bits per heavy atom. The van der Waals surface area contributed by atoms with Crippen LogP contribution in [0.1, 0.15) is 26.4 Å². The molecule has 0 fully saturated rings. The number of carbonyl (C=O) groups excluding carboxylic acids is 1. The largest absolute Gasteiger partial charge is 0.478 e. The van der Waals surface area contributed by atoms with Gasteiger partial charge in [0.05, 0.1) is 16.4 Å². The van der Waals surface area contributed by atoms with Crippen molar-refractivity contribution in [1.82, 2.24) is 4.37 Å². The Kier molecular flexibility index (Phi) is 4.15. The Labute approximate surface area is 129 Å². The van der Waals surface area contributed by atoms with Crippen molar-refractivity contribution in [2.24, 2.45) is 0 Å². The monoisotopic (exact) mass is 325 g/mol. The third-order valence-electron chi connectivity index (χ3n) is 2.92. The van der Waals surface area contributed by atoms with Gasteiger partial charge >= 0.3 is 5.97 Å². The van der Waals surface area contributed by atoms with Crippen LogP contribution in [0.2, 0.25) is 5.02 Å². The van der Waals surface area contributed by atoms with Gasteiger partial charge in [-0.2, -0.15) is 4.37 Å². The summed E-state index contributed by atoms with van der Waals surface area (Å²) in [6.45, 7) is 1.59. The molecule has 3 N–H and O–H groups in total. The van der Waals surface area contributed by atoms with Gasteiger partial charge in [-0.25, -0.2) is 4.79 Å². The van der Waals surface area contributed by atoms with Crippen molar-refractivity contribution in [3.05, 3.63) is 40.0 Å². The van der Waals surface area contributed by atoms with Crippen molar-refractivity contribution in [2.75, 3.05) is 17.7 Å². The average molecular weight is 326 g/mol. The smallest absolute Gasteiger partial charge is 0.340 e. The number of nitrogens with zero attached hydrogens (tertiary/aromatic N) is 2. The number of rotatable bonds is 3. The predicted molar refractivity (Wildman–Crippen MR) is 82.4 cm³/mol. The van der Waals surface area contributed by atoms with Crippen LogP contribution < -0.4 is 10.6 Å². The van der Waals surface area contributed by atoms with Crippen molar-refractivity contribution in [2.45, 2.75) is 6.92 Å². The lowest BCUT2D eigenvalue weighted by Crippen LogP contribution is -2.27. The quantitative estimate of drug-likeness (QED) is 0.846. The van der Waals surface area contributed by atoms with E-state index in [-0.39, 0.29) is 21.5 Å². The SMILES string of the molecule is Cc1nsc(N(C)C(=O)c2ccc(N)c(Cl)c2)c1C(=O)O. The number of benzene rings is 1. The van der Waals surface area contributed by atoms with Crippen LogP contribution in [-0.4, -0.2) is 28.4 Å². The summed E-state index contributed by atoms with van der Waals surface area (Å²) in [7, 11) is 1.49. The van der Waals surface area contributed by atoms with Gasteiger partial charge in [-0.3, -0.25) is 4.79 Å².